The van der Waals surface area contributed by atoms with Crippen molar-refractivity contribution in [3.63, 3.8) is 0 Å². The number of hydrogen-bond acceptors (Lipinski definition) is 2. The molecule has 0 spiro atoms. The van der Waals surface area contributed by atoms with E-state index in [4.69, 9.17) is 0 Å². The summed E-state index contributed by atoms with van der Waals surface area (Å²) in [6, 6.07) is 9.28. The number of nitrogens with one attached hydrogen (secondary N) is 2. The minimum atomic E-state index is -1.14. The van der Waals surface area contributed by atoms with E-state index in [1.54, 1.807) is 12.1 Å². The van der Waals surface area contributed by atoms with Crippen LogP contribution in [-0.4, -0.2) is 11.9 Å². The number of benzene rings is 2. The molecule has 0 radical (unpaired) electrons. The first-order valence-electron chi connectivity index (χ1n) is 7.16. The zero-order valence-electron chi connectivity index (χ0n) is 12.5. The first-order chi connectivity index (χ1) is 11.0. The van der Waals surface area contributed by atoms with Crippen LogP contribution in [0.4, 0.5) is 19.3 Å². The van der Waals surface area contributed by atoms with Crippen molar-refractivity contribution >= 4 is 17.6 Å². The molecule has 4 nitrogen and oxygen atoms in total. The molecule has 6 heteroatoms. The normalized spacial score (nSPS) is 10.2. The van der Waals surface area contributed by atoms with Crippen molar-refractivity contribution < 1.29 is 18.4 Å². The van der Waals surface area contributed by atoms with E-state index in [9.17, 15) is 18.4 Å². The molecule has 3 amide bonds. The second kappa shape index (κ2) is 7.49. The first kappa shape index (κ1) is 16.6. The van der Waals surface area contributed by atoms with Crippen LogP contribution in [0, 0.1) is 11.6 Å². The van der Waals surface area contributed by atoms with Crippen LogP contribution in [0.5, 0.6) is 0 Å². The molecule has 0 bridgehead atoms. The zero-order valence-corrected chi connectivity index (χ0v) is 12.5. The van der Waals surface area contributed by atoms with E-state index < -0.39 is 29.1 Å². The van der Waals surface area contributed by atoms with Crippen molar-refractivity contribution in [1.29, 1.82) is 0 Å². The van der Waals surface area contributed by atoms with Gasteiger partial charge in [-0.3, -0.25) is 10.1 Å². The lowest BCUT2D eigenvalue weighted by Crippen LogP contribution is -2.35. The van der Waals surface area contributed by atoms with Crippen molar-refractivity contribution in [2.45, 2.75) is 19.8 Å². The van der Waals surface area contributed by atoms with Gasteiger partial charge < -0.3 is 5.32 Å². The summed E-state index contributed by atoms with van der Waals surface area (Å²) in [5.41, 5.74) is 0.813. The molecule has 0 fully saturated rings. The Morgan fingerprint density at radius 2 is 1.61 bits per heavy atom. The highest BCUT2D eigenvalue weighted by atomic mass is 19.1. The molecule has 0 aromatic heterocycles. The molecule has 2 N–H and O–H groups in total. The Morgan fingerprint density at radius 1 is 1.00 bits per heavy atom. The van der Waals surface area contributed by atoms with Gasteiger partial charge in [-0.05, 0) is 36.2 Å². The van der Waals surface area contributed by atoms with E-state index in [2.05, 4.69) is 12.2 Å². The number of hydrogen-bond donors (Lipinski definition) is 2. The molecule has 0 saturated heterocycles. The zero-order chi connectivity index (χ0) is 16.8. The molecular weight excluding hydrogens is 302 g/mol. The van der Waals surface area contributed by atoms with Crippen molar-refractivity contribution in [3.05, 3.63) is 65.2 Å². The van der Waals surface area contributed by atoms with Gasteiger partial charge in [0.05, 0.1) is 0 Å². The molecule has 2 aromatic carbocycles. The standard InChI is InChI=1S/C17H16F2N2O2/c1-2-4-11-7-9-12(10-8-11)20-17(23)21-16(22)15-13(18)5-3-6-14(15)19/h3,5-10H,2,4H2,1H3,(H2,20,21,22,23). The molecule has 0 saturated carbocycles. The van der Waals surface area contributed by atoms with Gasteiger partial charge in [0.15, 0.2) is 0 Å². The Hall–Kier alpha value is -2.76. The van der Waals surface area contributed by atoms with E-state index in [1.165, 1.54) is 0 Å². The van der Waals surface area contributed by atoms with Gasteiger partial charge in [-0.2, -0.15) is 0 Å². The van der Waals surface area contributed by atoms with Gasteiger partial charge in [0.2, 0.25) is 0 Å². The molecule has 2 aromatic rings. The number of urea groups is 1. The van der Waals surface area contributed by atoms with Gasteiger partial charge in [0.1, 0.15) is 17.2 Å². The van der Waals surface area contributed by atoms with Crippen LogP contribution in [0.2, 0.25) is 0 Å². The molecule has 0 atom stereocenters. The second-order valence-corrected chi connectivity index (χ2v) is 4.95. The Labute approximate surface area is 132 Å². The Morgan fingerprint density at radius 3 is 2.17 bits per heavy atom. The summed E-state index contributed by atoms with van der Waals surface area (Å²) in [6.45, 7) is 2.06. The minimum absolute atomic E-state index is 0.476. The number of imide groups is 1. The molecule has 2 rings (SSSR count). The van der Waals surface area contributed by atoms with Gasteiger partial charge in [-0.15, -0.1) is 0 Å². The lowest BCUT2D eigenvalue weighted by atomic mass is 10.1. The molecule has 0 aliphatic rings. The molecule has 0 aliphatic heterocycles. The lowest BCUT2D eigenvalue weighted by Gasteiger charge is -2.08. The number of carbonyl (C=O) groups excluding carboxylic acids is 2. The molecule has 23 heavy (non-hydrogen) atoms. The average molecular weight is 318 g/mol. The predicted octanol–water partition coefficient (Wildman–Crippen LogP) is 3.88. The van der Waals surface area contributed by atoms with Crippen molar-refractivity contribution in [1.82, 2.24) is 5.32 Å². The largest absolute Gasteiger partial charge is 0.326 e. The molecule has 0 heterocycles. The fourth-order valence-electron chi connectivity index (χ4n) is 2.09. The predicted molar refractivity (Wildman–Crippen MR) is 83.3 cm³/mol. The van der Waals surface area contributed by atoms with Crippen LogP contribution in [0.15, 0.2) is 42.5 Å². The molecule has 0 aliphatic carbocycles. The van der Waals surface area contributed by atoms with Crippen LogP contribution in [0.25, 0.3) is 0 Å². The number of aryl methyl sites for hydroxylation is 1. The third-order valence-electron chi connectivity index (χ3n) is 3.17. The second-order valence-electron chi connectivity index (χ2n) is 4.95. The van der Waals surface area contributed by atoms with Gasteiger partial charge in [0.25, 0.3) is 5.91 Å². The summed E-state index contributed by atoms with van der Waals surface area (Å²) in [5.74, 6) is -3.20. The average Bonchev–Trinajstić information content (AvgIpc) is 2.49. The topological polar surface area (TPSA) is 58.2 Å². The maximum atomic E-state index is 13.5. The summed E-state index contributed by atoms with van der Waals surface area (Å²) >= 11 is 0. The third-order valence-corrected chi connectivity index (χ3v) is 3.17. The van der Waals surface area contributed by atoms with Gasteiger partial charge >= 0.3 is 6.03 Å². The van der Waals surface area contributed by atoms with E-state index in [0.717, 1.165) is 36.6 Å². The van der Waals surface area contributed by atoms with E-state index in [1.807, 2.05) is 17.4 Å². The SMILES string of the molecule is CCCc1ccc(NC(=O)NC(=O)c2c(F)cccc2F)cc1. The highest BCUT2D eigenvalue weighted by Gasteiger charge is 2.19. The maximum absolute atomic E-state index is 13.5. The van der Waals surface area contributed by atoms with E-state index in [-0.39, 0.29) is 0 Å². The minimum Gasteiger partial charge on any atom is -0.308 e. The number of halogens is 2. The maximum Gasteiger partial charge on any atom is 0.326 e. The summed E-state index contributed by atoms with van der Waals surface area (Å²) < 4.78 is 26.9. The fourth-order valence-corrected chi connectivity index (χ4v) is 2.09. The molecule has 0 unspecified atom stereocenters. The van der Waals surface area contributed by atoms with E-state index >= 15 is 0 Å². The molecular formula is C17H16F2N2O2. The van der Waals surface area contributed by atoms with Crippen molar-refractivity contribution in [2.24, 2.45) is 0 Å². The van der Waals surface area contributed by atoms with Crippen LogP contribution in [0.3, 0.4) is 0 Å². The number of rotatable bonds is 4. The summed E-state index contributed by atoms with van der Waals surface area (Å²) in [4.78, 5) is 23.5. The Kier molecular flexibility index (Phi) is 5.41. The number of carbonyl (C=O) groups is 2. The highest BCUT2D eigenvalue weighted by molar-refractivity contribution is 6.08. The Bertz CT molecular complexity index is 695. The van der Waals surface area contributed by atoms with E-state index in [0.29, 0.717) is 5.69 Å². The monoisotopic (exact) mass is 318 g/mol. The van der Waals surface area contributed by atoms with Gasteiger partial charge in [0, 0.05) is 5.69 Å². The number of amides is 3. The number of anilines is 1. The quantitative estimate of drug-likeness (QED) is 0.899. The first-order valence-corrected chi connectivity index (χ1v) is 7.16. The van der Waals surface area contributed by atoms with Crippen LogP contribution < -0.4 is 10.6 Å². The van der Waals surface area contributed by atoms with Gasteiger partial charge in [-0.25, -0.2) is 13.6 Å². The summed E-state index contributed by atoms with van der Waals surface area (Å²) in [5, 5.41) is 4.33. The van der Waals surface area contributed by atoms with Crippen LogP contribution >= 0.6 is 0 Å². The lowest BCUT2D eigenvalue weighted by molar-refractivity contribution is 0.0959. The third kappa shape index (κ3) is 4.35. The smallest absolute Gasteiger partial charge is 0.308 e. The van der Waals surface area contributed by atoms with Crippen LogP contribution in [-0.2, 0) is 6.42 Å². The van der Waals surface area contributed by atoms with Crippen molar-refractivity contribution in [3.8, 4) is 0 Å². The Balaban J connectivity index is 2.00. The summed E-state index contributed by atoms with van der Waals surface area (Å²) in [7, 11) is 0. The highest BCUT2D eigenvalue weighted by Crippen LogP contribution is 2.13. The summed E-state index contributed by atoms with van der Waals surface area (Å²) in [6.07, 6.45) is 1.94. The van der Waals surface area contributed by atoms with Gasteiger partial charge in [-0.1, -0.05) is 31.5 Å². The molecule has 120 valence electrons. The van der Waals surface area contributed by atoms with Crippen molar-refractivity contribution in [2.75, 3.05) is 5.32 Å². The van der Waals surface area contributed by atoms with Crippen LogP contribution in [0.1, 0.15) is 29.3 Å². The fraction of sp³-hybridized carbons (Fsp3) is 0.176.